The van der Waals surface area contributed by atoms with Crippen LogP contribution in [0.1, 0.15) is 12.5 Å². The molecule has 0 N–H and O–H groups in total. The molecule has 0 aromatic heterocycles. The maximum atomic E-state index is 3.81. The number of hydrogen-bond acceptors (Lipinski definition) is 0. The first-order valence-electron chi connectivity index (χ1n) is 2.92. The lowest BCUT2D eigenvalue weighted by Gasteiger charge is -1.94. The van der Waals surface area contributed by atoms with Crippen molar-refractivity contribution in [1.82, 2.24) is 0 Å². The molecule has 9 heavy (non-hydrogen) atoms. The lowest BCUT2D eigenvalue weighted by molar-refractivity contribution is 1.57. The van der Waals surface area contributed by atoms with E-state index in [1.165, 1.54) is 0 Å². The van der Waals surface area contributed by atoms with Gasteiger partial charge in [0.25, 0.3) is 0 Å². The summed E-state index contributed by atoms with van der Waals surface area (Å²) in [4.78, 5) is 0. The van der Waals surface area contributed by atoms with Gasteiger partial charge in [0.05, 0.1) is 0 Å². The summed E-state index contributed by atoms with van der Waals surface area (Å²) in [7, 11) is 0. The first-order chi connectivity index (χ1) is 4.30. The molecular weight excluding hydrogens is 108 g/mol. The van der Waals surface area contributed by atoms with Gasteiger partial charge in [-0.05, 0) is 24.6 Å². The van der Waals surface area contributed by atoms with E-state index in [0.717, 1.165) is 11.1 Å². The average Bonchev–Trinajstić information content (AvgIpc) is 1.90. The molecule has 0 atom stereocenters. The van der Waals surface area contributed by atoms with Gasteiger partial charge in [-0.25, -0.2) is 0 Å². The second kappa shape index (κ2) is 2.49. The normalized spacial score (nSPS) is 9.00. The summed E-state index contributed by atoms with van der Waals surface area (Å²) >= 11 is 0. The van der Waals surface area contributed by atoms with Gasteiger partial charge in [0.15, 0.2) is 0 Å². The highest BCUT2D eigenvalue weighted by atomic mass is 13.9. The van der Waals surface area contributed by atoms with Crippen LogP contribution in [0, 0.1) is 6.07 Å². The van der Waals surface area contributed by atoms with E-state index in [0.29, 0.717) is 0 Å². The van der Waals surface area contributed by atoms with Crippen LogP contribution in [0.5, 0.6) is 0 Å². The number of benzene rings is 1. The fraction of sp³-hybridized carbons (Fsp3) is 0.111. The van der Waals surface area contributed by atoms with Crippen molar-refractivity contribution in [2.45, 2.75) is 6.92 Å². The van der Waals surface area contributed by atoms with Gasteiger partial charge in [-0.1, -0.05) is 30.4 Å². The highest BCUT2D eigenvalue weighted by Gasteiger charge is 1.86. The minimum Gasteiger partial charge on any atom is -0.0955 e. The third-order valence-electron chi connectivity index (χ3n) is 1.20. The summed E-state index contributed by atoms with van der Waals surface area (Å²) < 4.78 is 0. The van der Waals surface area contributed by atoms with Crippen molar-refractivity contribution in [3.63, 3.8) is 0 Å². The highest BCUT2D eigenvalue weighted by Crippen LogP contribution is 2.08. The standard InChI is InChI=1S/C9H9/c1-8(2)9-6-4-3-5-7-9/h3-4,6-7H,1H2,2H3. The molecule has 1 rings (SSSR count). The van der Waals surface area contributed by atoms with Crippen LogP contribution in [0.4, 0.5) is 0 Å². The zero-order chi connectivity index (χ0) is 6.69. The zero-order valence-corrected chi connectivity index (χ0v) is 5.52. The summed E-state index contributed by atoms with van der Waals surface area (Å²) in [5.74, 6) is 0. The fourth-order valence-corrected chi connectivity index (χ4v) is 0.659. The molecule has 0 aliphatic rings. The predicted molar refractivity (Wildman–Crippen MR) is 40.0 cm³/mol. The Morgan fingerprint density at radius 1 is 1.67 bits per heavy atom. The largest absolute Gasteiger partial charge is 0.0955 e. The minimum atomic E-state index is 1.09. The Morgan fingerprint density at radius 3 is 2.78 bits per heavy atom. The first-order valence-corrected chi connectivity index (χ1v) is 2.92. The van der Waals surface area contributed by atoms with Crippen molar-refractivity contribution < 1.29 is 0 Å². The smallest absolute Gasteiger partial charge is 0.0178 e. The molecule has 0 heteroatoms. The SMILES string of the molecule is C=C(C)c1c[c]ccc1. The van der Waals surface area contributed by atoms with Crippen LogP contribution in [0.3, 0.4) is 0 Å². The second-order valence-corrected chi connectivity index (χ2v) is 2.07. The van der Waals surface area contributed by atoms with E-state index >= 15 is 0 Å². The Labute approximate surface area is 55.8 Å². The molecule has 1 aromatic carbocycles. The van der Waals surface area contributed by atoms with Crippen LogP contribution in [0.2, 0.25) is 0 Å². The van der Waals surface area contributed by atoms with Gasteiger partial charge < -0.3 is 0 Å². The van der Waals surface area contributed by atoms with Gasteiger partial charge >= 0.3 is 0 Å². The van der Waals surface area contributed by atoms with Crippen molar-refractivity contribution in [2.75, 3.05) is 0 Å². The summed E-state index contributed by atoms with van der Waals surface area (Å²) in [5.41, 5.74) is 2.25. The van der Waals surface area contributed by atoms with Gasteiger partial charge in [-0.15, -0.1) is 0 Å². The molecule has 0 aliphatic heterocycles. The fourth-order valence-electron chi connectivity index (χ4n) is 0.659. The maximum absolute atomic E-state index is 3.81. The molecule has 0 saturated heterocycles. The first kappa shape index (κ1) is 6.09. The van der Waals surface area contributed by atoms with Crippen molar-refractivity contribution in [3.05, 3.63) is 42.5 Å². The average molecular weight is 117 g/mol. The van der Waals surface area contributed by atoms with E-state index in [9.17, 15) is 0 Å². The Bertz CT molecular complexity index is 197. The summed E-state index contributed by atoms with van der Waals surface area (Å²) in [5, 5.41) is 0. The van der Waals surface area contributed by atoms with Crippen LogP contribution >= 0.6 is 0 Å². The monoisotopic (exact) mass is 117 g/mol. The van der Waals surface area contributed by atoms with Crippen LogP contribution in [0.25, 0.3) is 5.57 Å². The van der Waals surface area contributed by atoms with Crippen molar-refractivity contribution in [2.24, 2.45) is 0 Å². The van der Waals surface area contributed by atoms with Gasteiger partial charge in [-0.2, -0.15) is 0 Å². The molecule has 0 nitrogen and oxygen atoms in total. The van der Waals surface area contributed by atoms with Crippen LogP contribution in [-0.4, -0.2) is 0 Å². The van der Waals surface area contributed by atoms with Crippen LogP contribution in [-0.2, 0) is 0 Å². The predicted octanol–water partition coefficient (Wildman–Crippen LogP) is 2.52. The van der Waals surface area contributed by atoms with E-state index in [-0.39, 0.29) is 0 Å². The molecule has 1 aromatic rings. The van der Waals surface area contributed by atoms with Gasteiger partial charge in [-0.3, -0.25) is 0 Å². The van der Waals surface area contributed by atoms with E-state index in [2.05, 4.69) is 12.6 Å². The molecule has 0 bridgehead atoms. The number of rotatable bonds is 1. The summed E-state index contributed by atoms with van der Waals surface area (Å²) in [6.45, 7) is 5.79. The Hall–Kier alpha value is -1.04. The molecule has 45 valence electrons. The molecule has 0 fully saturated rings. The minimum absolute atomic E-state index is 1.09. The molecule has 0 aliphatic carbocycles. The van der Waals surface area contributed by atoms with E-state index in [1.807, 2.05) is 31.2 Å². The lowest BCUT2D eigenvalue weighted by atomic mass is 10.1. The Morgan fingerprint density at radius 2 is 2.44 bits per heavy atom. The third kappa shape index (κ3) is 1.43. The maximum Gasteiger partial charge on any atom is -0.0178 e. The molecule has 0 unspecified atom stereocenters. The second-order valence-electron chi connectivity index (χ2n) is 2.07. The molecule has 0 saturated carbocycles. The Kier molecular flexibility index (Phi) is 1.69. The van der Waals surface area contributed by atoms with Gasteiger partial charge in [0.2, 0.25) is 0 Å². The third-order valence-corrected chi connectivity index (χ3v) is 1.20. The Balaban J connectivity index is 2.98. The van der Waals surface area contributed by atoms with E-state index in [4.69, 9.17) is 0 Å². The highest BCUT2D eigenvalue weighted by molar-refractivity contribution is 5.60. The summed E-state index contributed by atoms with van der Waals surface area (Å²) in [6.07, 6.45) is 0. The van der Waals surface area contributed by atoms with Crippen molar-refractivity contribution >= 4 is 5.57 Å². The molecule has 1 radical (unpaired) electrons. The van der Waals surface area contributed by atoms with E-state index < -0.39 is 0 Å². The van der Waals surface area contributed by atoms with Crippen molar-refractivity contribution in [1.29, 1.82) is 0 Å². The molecule has 0 heterocycles. The quantitative estimate of drug-likeness (QED) is 0.530. The number of hydrogen-bond donors (Lipinski definition) is 0. The van der Waals surface area contributed by atoms with Gasteiger partial charge in [0.1, 0.15) is 0 Å². The van der Waals surface area contributed by atoms with Crippen LogP contribution in [0.15, 0.2) is 30.8 Å². The lowest BCUT2D eigenvalue weighted by Crippen LogP contribution is -1.73. The van der Waals surface area contributed by atoms with Crippen molar-refractivity contribution in [3.8, 4) is 0 Å². The van der Waals surface area contributed by atoms with Gasteiger partial charge in [0, 0.05) is 0 Å². The zero-order valence-electron chi connectivity index (χ0n) is 5.52. The topological polar surface area (TPSA) is 0 Å². The van der Waals surface area contributed by atoms with Crippen LogP contribution < -0.4 is 0 Å². The molecular formula is C9H9. The van der Waals surface area contributed by atoms with E-state index in [1.54, 1.807) is 0 Å². The molecule has 0 amide bonds. The summed E-state index contributed by atoms with van der Waals surface area (Å²) in [6, 6.07) is 10.8. The number of allylic oxidation sites excluding steroid dienone is 1. The molecule has 0 spiro atoms.